The third kappa shape index (κ3) is 3.84. The van der Waals surface area contributed by atoms with Crippen molar-refractivity contribution in [3.8, 4) is 0 Å². The standard InChI is InChI=1S/C16H17N3O7S2/c1-7(20)25-6-26-8-5-28-15-11(14(22)19(15)12(8)16(23)24)18-13(21)10(17)9-3-2-4-27-9/h2-4,10-11,15H,5-6,17H2,1H3,(H,18,21)(H,23,24)/t10?,11-,15?/m1/s1. The van der Waals surface area contributed by atoms with Crippen molar-refractivity contribution in [1.29, 1.82) is 0 Å². The highest BCUT2D eigenvalue weighted by Gasteiger charge is 2.55. The molecule has 1 aromatic rings. The Labute approximate surface area is 167 Å². The van der Waals surface area contributed by atoms with Crippen LogP contribution in [0.25, 0.3) is 0 Å². The third-order valence-electron chi connectivity index (χ3n) is 4.06. The molecule has 2 aliphatic heterocycles. The van der Waals surface area contributed by atoms with Gasteiger partial charge in [0.2, 0.25) is 12.7 Å². The fourth-order valence-corrected chi connectivity index (χ4v) is 4.73. The highest BCUT2D eigenvalue weighted by Crippen LogP contribution is 2.40. The summed E-state index contributed by atoms with van der Waals surface area (Å²) in [5, 5.41) is 13.3. The zero-order chi connectivity index (χ0) is 20.4. The summed E-state index contributed by atoms with van der Waals surface area (Å²) >= 11 is 2.56. The van der Waals surface area contributed by atoms with Crippen LogP contribution in [0.15, 0.2) is 29.0 Å². The SMILES string of the molecule is CC(=O)OCOC1=C(C(=O)O)N2C(=O)[C@@H](NC(=O)C(N)c3cccs3)C2SC1. The summed E-state index contributed by atoms with van der Waals surface area (Å²) in [6.07, 6.45) is 0. The minimum absolute atomic E-state index is 0.0170. The van der Waals surface area contributed by atoms with E-state index >= 15 is 0 Å². The number of β-lactam (4-membered cyclic amide) rings is 1. The maximum Gasteiger partial charge on any atom is 0.356 e. The summed E-state index contributed by atoms with van der Waals surface area (Å²) in [6, 6.07) is 1.69. The number of rotatable bonds is 7. The summed E-state index contributed by atoms with van der Waals surface area (Å²) < 4.78 is 9.85. The maximum absolute atomic E-state index is 12.5. The first-order valence-corrected chi connectivity index (χ1v) is 10.0. The number of thiophene rings is 1. The Morgan fingerprint density at radius 2 is 2.21 bits per heavy atom. The van der Waals surface area contributed by atoms with Gasteiger partial charge < -0.3 is 25.6 Å². The summed E-state index contributed by atoms with van der Waals surface area (Å²) in [7, 11) is 0. The van der Waals surface area contributed by atoms with Gasteiger partial charge in [-0.3, -0.25) is 19.3 Å². The van der Waals surface area contributed by atoms with Gasteiger partial charge in [-0.25, -0.2) is 4.79 Å². The third-order valence-corrected chi connectivity index (χ3v) is 6.27. The number of thioether (sulfide) groups is 1. The van der Waals surface area contributed by atoms with Crippen molar-refractivity contribution in [1.82, 2.24) is 10.2 Å². The van der Waals surface area contributed by atoms with Crippen molar-refractivity contribution in [2.45, 2.75) is 24.4 Å². The van der Waals surface area contributed by atoms with Crippen LogP contribution in [0, 0.1) is 0 Å². The van der Waals surface area contributed by atoms with Gasteiger partial charge in [0.25, 0.3) is 5.91 Å². The van der Waals surface area contributed by atoms with Crippen LogP contribution in [0.1, 0.15) is 17.8 Å². The first kappa shape index (κ1) is 20.2. The Bertz CT molecular complexity index is 839. The van der Waals surface area contributed by atoms with E-state index in [1.54, 1.807) is 17.5 Å². The molecule has 2 aliphatic rings. The molecule has 12 heteroatoms. The van der Waals surface area contributed by atoms with E-state index in [-0.39, 0.29) is 17.2 Å². The predicted molar refractivity (Wildman–Crippen MR) is 98.6 cm³/mol. The number of amides is 2. The van der Waals surface area contributed by atoms with E-state index in [4.69, 9.17) is 10.5 Å². The molecule has 0 aromatic carbocycles. The fourth-order valence-electron chi connectivity index (χ4n) is 2.73. The number of ether oxygens (including phenoxy) is 2. The van der Waals surface area contributed by atoms with Crippen LogP contribution in [0.2, 0.25) is 0 Å². The van der Waals surface area contributed by atoms with Crippen LogP contribution >= 0.6 is 23.1 Å². The number of hydrogen-bond acceptors (Lipinski definition) is 9. The monoisotopic (exact) mass is 427 g/mol. The van der Waals surface area contributed by atoms with Gasteiger partial charge in [-0.05, 0) is 11.4 Å². The Balaban J connectivity index is 1.69. The molecule has 0 bridgehead atoms. The predicted octanol–water partition coefficient (Wildman–Crippen LogP) is -0.0188. The van der Waals surface area contributed by atoms with Crippen molar-refractivity contribution in [2.24, 2.45) is 5.73 Å². The molecule has 1 fully saturated rings. The Hall–Kier alpha value is -2.57. The zero-order valence-electron chi connectivity index (χ0n) is 14.6. The molecule has 0 saturated carbocycles. The van der Waals surface area contributed by atoms with Gasteiger partial charge in [0.05, 0.1) is 5.75 Å². The van der Waals surface area contributed by atoms with Gasteiger partial charge >= 0.3 is 11.9 Å². The first-order valence-electron chi connectivity index (χ1n) is 8.08. The number of fused-ring (bicyclic) bond motifs is 1. The lowest BCUT2D eigenvalue weighted by Gasteiger charge is -2.49. The van der Waals surface area contributed by atoms with Crippen molar-refractivity contribution in [2.75, 3.05) is 12.5 Å². The largest absolute Gasteiger partial charge is 0.476 e. The number of carbonyl (C=O) groups excluding carboxylic acids is 3. The number of esters is 1. The number of nitrogens with zero attached hydrogens (tertiary/aromatic N) is 1. The van der Waals surface area contributed by atoms with E-state index < -0.39 is 48.0 Å². The molecule has 0 spiro atoms. The second-order valence-electron chi connectivity index (χ2n) is 5.86. The molecule has 1 aromatic heterocycles. The van der Waals surface area contributed by atoms with E-state index in [0.717, 1.165) is 4.90 Å². The van der Waals surface area contributed by atoms with Crippen LogP contribution in [-0.4, -0.2) is 57.7 Å². The molecule has 3 heterocycles. The molecular formula is C16H17N3O7S2. The molecular weight excluding hydrogens is 410 g/mol. The van der Waals surface area contributed by atoms with E-state index in [0.29, 0.717) is 4.88 Å². The molecule has 4 N–H and O–H groups in total. The lowest BCUT2D eigenvalue weighted by molar-refractivity contribution is -0.154. The molecule has 3 atom stereocenters. The number of aliphatic carboxylic acids is 1. The normalized spacial score (nSPS) is 22.1. The summed E-state index contributed by atoms with van der Waals surface area (Å²) in [5.74, 6) is -2.86. The lowest BCUT2D eigenvalue weighted by atomic mass is 10.0. The molecule has 3 rings (SSSR count). The molecule has 150 valence electrons. The van der Waals surface area contributed by atoms with Crippen LogP contribution in [0.4, 0.5) is 0 Å². The Kier molecular flexibility index (Phi) is 5.91. The van der Waals surface area contributed by atoms with Crippen LogP contribution in [-0.2, 0) is 28.7 Å². The highest BCUT2D eigenvalue weighted by molar-refractivity contribution is 8.00. The van der Waals surface area contributed by atoms with Crippen molar-refractivity contribution >= 4 is 46.9 Å². The fraction of sp³-hybridized carbons (Fsp3) is 0.375. The zero-order valence-corrected chi connectivity index (χ0v) is 16.2. The van der Waals surface area contributed by atoms with Crippen LogP contribution in [0.5, 0.6) is 0 Å². The number of nitrogens with two attached hydrogens (primary N) is 1. The molecule has 0 radical (unpaired) electrons. The second kappa shape index (κ2) is 8.20. The van der Waals surface area contributed by atoms with E-state index in [1.807, 2.05) is 0 Å². The quantitative estimate of drug-likeness (QED) is 0.310. The number of carboxylic acid groups (broad SMARTS) is 1. The van der Waals surface area contributed by atoms with Crippen molar-refractivity contribution in [3.63, 3.8) is 0 Å². The van der Waals surface area contributed by atoms with Gasteiger partial charge in [0, 0.05) is 11.8 Å². The van der Waals surface area contributed by atoms with Gasteiger partial charge in [-0.15, -0.1) is 23.1 Å². The summed E-state index contributed by atoms with van der Waals surface area (Å²) in [5.41, 5.74) is 5.58. The van der Waals surface area contributed by atoms with Gasteiger partial charge in [-0.1, -0.05) is 6.07 Å². The summed E-state index contributed by atoms with van der Waals surface area (Å²) in [6.45, 7) is 0.735. The van der Waals surface area contributed by atoms with Crippen LogP contribution < -0.4 is 11.1 Å². The van der Waals surface area contributed by atoms with E-state index in [2.05, 4.69) is 10.1 Å². The minimum Gasteiger partial charge on any atom is -0.476 e. The maximum atomic E-state index is 12.5. The Morgan fingerprint density at radius 3 is 2.82 bits per heavy atom. The molecule has 10 nitrogen and oxygen atoms in total. The lowest BCUT2D eigenvalue weighted by Crippen LogP contribution is -2.71. The topological polar surface area (TPSA) is 148 Å². The Morgan fingerprint density at radius 1 is 1.46 bits per heavy atom. The smallest absolute Gasteiger partial charge is 0.356 e. The molecule has 28 heavy (non-hydrogen) atoms. The van der Waals surface area contributed by atoms with Gasteiger partial charge in [0.15, 0.2) is 5.70 Å². The van der Waals surface area contributed by atoms with Gasteiger partial charge in [0.1, 0.15) is 23.2 Å². The molecule has 2 unspecified atom stereocenters. The van der Waals surface area contributed by atoms with Gasteiger partial charge in [-0.2, -0.15) is 0 Å². The minimum atomic E-state index is -1.35. The molecule has 0 aliphatic carbocycles. The highest BCUT2D eigenvalue weighted by atomic mass is 32.2. The van der Waals surface area contributed by atoms with E-state index in [9.17, 15) is 24.3 Å². The number of carboxylic acids is 1. The van der Waals surface area contributed by atoms with Crippen molar-refractivity contribution in [3.05, 3.63) is 33.8 Å². The van der Waals surface area contributed by atoms with Crippen LogP contribution in [0.3, 0.4) is 0 Å². The summed E-state index contributed by atoms with van der Waals surface area (Å²) in [4.78, 5) is 49.0. The number of carbonyl (C=O) groups is 4. The first-order chi connectivity index (χ1) is 13.3. The number of hydrogen-bond donors (Lipinski definition) is 3. The number of nitrogens with one attached hydrogen (secondary N) is 1. The second-order valence-corrected chi connectivity index (χ2v) is 7.95. The van der Waals surface area contributed by atoms with E-state index in [1.165, 1.54) is 30.0 Å². The molecule has 2 amide bonds. The van der Waals surface area contributed by atoms with Crippen molar-refractivity contribution < 1.29 is 33.8 Å². The molecule has 1 saturated heterocycles. The average Bonchev–Trinajstić information content (AvgIpc) is 3.18. The average molecular weight is 427 g/mol.